The highest BCUT2D eigenvalue weighted by Gasteiger charge is 1.98. The van der Waals surface area contributed by atoms with Crippen LogP contribution < -0.4 is 0 Å². The predicted octanol–water partition coefficient (Wildman–Crippen LogP) is 2.06. The molecular formula is C9H10N2. The number of allylic oxidation sites excluding steroid dienone is 3. The predicted molar refractivity (Wildman–Crippen MR) is 45.1 cm³/mol. The molecule has 1 aliphatic rings. The molecule has 2 heteroatoms. The Morgan fingerprint density at radius 1 is 1.73 bits per heavy atom. The van der Waals surface area contributed by atoms with Crippen molar-refractivity contribution in [3.05, 3.63) is 23.9 Å². The molecule has 1 aliphatic heterocycles. The van der Waals surface area contributed by atoms with Crippen molar-refractivity contribution in [2.75, 3.05) is 0 Å². The topological polar surface area (TPSA) is 36.1 Å². The summed E-state index contributed by atoms with van der Waals surface area (Å²) in [7, 11) is 0. The molecule has 0 radical (unpaired) electrons. The van der Waals surface area contributed by atoms with Crippen LogP contribution in [-0.4, -0.2) is 6.21 Å². The van der Waals surface area contributed by atoms with E-state index in [9.17, 15) is 0 Å². The Kier molecular flexibility index (Phi) is 2.62. The van der Waals surface area contributed by atoms with Crippen LogP contribution in [0, 0.1) is 17.2 Å². The lowest BCUT2D eigenvalue weighted by Gasteiger charge is -2.00. The van der Waals surface area contributed by atoms with Crippen molar-refractivity contribution in [1.82, 2.24) is 0 Å². The fraction of sp³-hybridized carbons (Fsp3) is 0.333. The van der Waals surface area contributed by atoms with Gasteiger partial charge in [0.1, 0.15) is 0 Å². The van der Waals surface area contributed by atoms with Gasteiger partial charge in [-0.3, -0.25) is 4.99 Å². The molecule has 2 nitrogen and oxygen atoms in total. The van der Waals surface area contributed by atoms with Gasteiger partial charge in [-0.2, -0.15) is 5.26 Å². The van der Waals surface area contributed by atoms with E-state index in [1.807, 2.05) is 25.3 Å². The lowest BCUT2D eigenvalue weighted by molar-refractivity contribution is 0.994. The van der Waals surface area contributed by atoms with Crippen LogP contribution in [0.2, 0.25) is 0 Å². The van der Waals surface area contributed by atoms with Crippen LogP contribution in [0.3, 0.4) is 0 Å². The Bertz CT molecular complexity index is 253. The van der Waals surface area contributed by atoms with Crippen molar-refractivity contribution < 1.29 is 0 Å². The monoisotopic (exact) mass is 146 g/mol. The molecule has 0 aromatic carbocycles. The van der Waals surface area contributed by atoms with Crippen LogP contribution in [0.15, 0.2) is 28.9 Å². The highest BCUT2D eigenvalue weighted by atomic mass is 14.7. The lowest BCUT2D eigenvalue weighted by Crippen LogP contribution is -1.93. The number of hydrogen-bond acceptors (Lipinski definition) is 2. The Labute approximate surface area is 66.6 Å². The third-order valence-corrected chi connectivity index (χ3v) is 1.46. The van der Waals surface area contributed by atoms with Crippen molar-refractivity contribution in [2.24, 2.45) is 10.9 Å². The molecule has 0 N–H and O–H groups in total. The Morgan fingerprint density at radius 3 is 3.27 bits per heavy atom. The molecule has 0 spiro atoms. The van der Waals surface area contributed by atoms with Gasteiger partial charge in [0.2, 0.25) is 0 Å². The lowest BCUT2D eigenvalue weighted by atomic mass is 10.1. The summed E-state index contributed by atoms with van der Waals surface area (Å²) in [5.74, 6) is 0.273. The summed E-state index contributed by atoms with van der Waals surface area (Å²) in [6, 6.07) is 2.15. The molecule has 1 atom stereocenters. The third kappa shape index (κ3) is 2.38. The quantitative estimate of drug-likeness (QED) is 0.515. The van der Waals surface area contributed by atoms with Gasteiger partial charge in [-0.1, -0.05) is 19.1 Å². The van der Waals surface area contributed by atoms with E-state index in [0.29, 0.717) is 6.42 Å². The normalized spacial score (nSPS) is 33.8. The molecular weight excluding hydrogens is 136 g/mol. The highest BCUT2D eigenvalue weighted by molar-refractivity contribution is 5.64. The molecule has 0 saturated heterocycles. The average molecular weight is 146 g/mol. The second kappa shape index (κ2) is 3.72. The first-order valence-electron chi connectivity index (χ1n) is 3.62. The molecule has 0 aromatic heterocycles. The minimum absolute atomic E-state index is 0.273. The van der Waals surface area contributed by atoms with Gasteiger partial charge in [0.05, 0.1) is 6.07 Å². The summed E-state index contributed by atoms with van der Waals surface area (Å²) >= 11 is 0. The van der Waals surface area contributed by atoms with Crippen LogP contribution in [0.1, 0.15) is 13.3 Å². The van der Waals surface area contributed by atoms with E-state index in [4.69, 9.17) is 5.26 Å². The molecule has 0 amide bonds. The molecule has 56 valence electrons. The Balaban J connectivity index is 2.82. The highest BCUT2D eigenvalue weighted by Crippen LogP contribution is 2.08. The van der Waals surface area contributed by atoms with Gasteiger partial charge < -0.3 is 0 Å². The maximum absolute atomic E-state index is 8.63. The number of aliphatic imine (C=N–C) groups is 1. The van der Waals surface area contributed by atoms with Crippen LogP contribution in [0.4, 0.5) is 0 Å². The van der Waals surface area contributed by atoms with E-state index in [2.05, 4.69) is 11.1 Å². The molecule has 0 fully saturated rings. The fourth-order valence-corrected chi connectivity index (χ4v) is 0.937. The van der Waals surface area contributed by atoms with E-state index in [-0.39, 0.29) is 5.92 Å². The van der Waals surface area contributed by atoms with Gasteiger partial charge in [-0.25, -0.2) is 0 Å². The Morgan fingerprint density at radius 2 is 2.55 bits per heavy atom. The number of hydrogen-bond donors (Lipinski definition) is 0. The molecule has 0 saturated carbocycles. The summed E-state index contributed by atoms with van der Waals surface area (Å²) in [5.41, 5.74) is 0.819. The number of rotatable bonds is 0. The van der Waals surface area contributed by atoms with E-state index in [0.717, 1.165) is 5.57 Å². The maximum atomic E-state index is 8.63. The first-order chi connectivity index (χ1) is 5.33. The third-order valence-electron chi connectivity index (χ3n) is 1.46. The van der Waals surface area contributed by atoms with E-state index < -0.39 is 0 Å². The first kappa shape index (κ1) is 7.74. The van der Waals surface area contributed by atoms with Crippen molar-refractivity contribution in [1.29, 1.82) is 5.26 Å². The minimum atomic E-state index is 0.273. The molecule has 1 unspecified atom stereocenters. The number of nitriles is 1. The van der Waals surface area contributed by atoms with Crippen molar-refractivity contribution in [3.8, 4) is 6.07 Å². The summed E-state index contributed by atoms with van der Waals surface area (Å²) in [6.07, 6.45) is 8.09. The first-order valence-corrected chi connectivity index (χ1v) is 3.62. The second-order valence-electron chi connectivity index (χ2n) is 2.55. The zero-order valence-corrected chi connectivity index (χ0v) is 6.49. The average Bonchev–Trinajstić information content (AvgIpc) is 1.96. The van der Waals surface area contributed by atoms with Gasteiger partial charge in [0.25, 0.3) is 0 Å². The summed E-state index contributed by atoms with van der Waals surface area (Å²) < 4.78 is 0. The van der Waals surface area contributed by atoms with Gasteiger partial charge in [0, 0.05) is 30.3 Å². The minimum Gasteiger partial charge on any atom is -0.269 e. The Hall–Kier alpha value is -1.36. The van der Waals surface area contributed by atoms with Crippen LogP contribution in [0.5, 0.6) is 0 Å². The van der Waals surface area contributed by atoms with Gasteiger partial charge in [-0.15, -0.1) is 0 Å². The van der Waals surface area contributed by atoms with E-state index in [1.165, 1.54) is 0 Å². The van der Waals surface area contributed by atoms with E-state index in [1.54, 1.807) is 6.20 Å². The maximum Gasteiger partial charge on any atom is 0.0947 e. The van der Waals surface area contributed by atoms with Gasteiger partial charge in [0.15, 0.2) is 0 Å². The summed E-state index contributed by atoms with van der Waals surface area (Å²) in [5, 5.41) is 8.63. The molecule has 11 heavy (non-hydrogen) atoms. The molecule has 0 bridgehead atoms. The zero-order valence-electron chi connectivity index (χ0n) is 6.49. The van der Waals surface area contributed by atoms with Gasteiger partial charge in [-0.05, 0) is 0 Å². The van der Waals surface area contributed by atoms with Crippen molar-refractivity contribution in [2.45, 2.75) is 13.3 Å². The van der Waals surface area contributed by atoms with Crippen molar-refractivity contribution >= 4 is 6.21 Å². The second-order valence-corrected chi connectivity index (χ2v) is 2.55. The van der Waals surface area contributed by atoms with Crippen molar-refractivity contribution in [3.63, 3.8) is 0 Å². The standard InChI is InChI=1S/C9H10N2/c1-8-5-9(6-10)3-2-4-11-7-8/h2,4-5,7-8H,3H2,1H3/b4-2-,9-5+,11-7-. The van der Waals surface area contributed by atoms with Crippen LogP contribution >= 0.6 is 0 Å². The van der Waals surface area contributed by atoms with Crippen LogP contribution in [-0.2, 0) is 0 Å². The molecule has 1 heterocycles. The zero-order chi connectivity index (χ0) is 8.10. The van der Waals surface area contributed by atoms with E-state index >= 15 is 0 Å². The number of nitrogens with zero attached hydrogens (tertiary/aromatic N) is 2. The summed E-state index contributed by atoms with van der Waals surface area (Å²) in [4.78, 5) is 4.02. The fourth-order valence-electron chi connectivity index (χ4n) is 0.937. The van der Waals surface area contributed by atoms with Gasteiger partial charge >= 0.3 is 0 Å². The smallest absolute Gasteiger partial charge is 0.0947 e. The molecule has 0 aromatic rings. The SMILES string of the molecule is CC1/C=N\C=C/C/C(C#N)=C\1. The van der Waals surface area contributed by atoms with Crippen LogP contribution in [0.25, 0.3) is 0 Å². The molecule has 0 aliphatic carbocycles. The molecule has 1 rings (SSSR count). The largest absolute Gasteiger partial charge is 0.269 e. The summed E-state index contributed by atoms with van der Waals surface area (Å²) in [6.45, 7) is 2.01.